The summed E-state index contributed by atoms with van der Waals surface area (Å²) in [5, 5.41) is -0.251. The monoisotopic (exact) mass is 349 g/mol. The fraction of sp³-hybridized carbons (Fsp3) is 0.412. The molecule has 0 N–H and O–H groups in total. The van der Waals surface area contributed by atoms with Crippen LogP contribution in [0.1, 0.15) is 30.6 Å². The number of hydrogen-bond acceptors (Lipinski definition) is 6. The smallest absolute Gasteiger partial charge is 0.341 e. The van der Waals surface area contributed by atoms with Crippen LogP contribution in [-0.4, -0.2) is 43.9 Å². The van der Waals surface area contributed by atoms with Crippen molar-refractivity contribution in [1.82, 2.24) is 4.98 Å². The second kappa shape index (κ2) is 6.49. The molecule has 0 amide bonds. The van der Waals surface area contributed by atoms with Crippen molar-refractivity contribution in [3.63, 3.8) is 0 Å². The highest BCUT2D eigenvalue weighted by molar-refractivity contribution is 7.92. The fourth-order valence-electron chi connectivity index (χ4n) is 3.05. The third-order valence-electron chi connectivity index (χ3n) is 4.21. The maximum Gasteiger partial charge on any atom is 0.341 e. The minimum absolute atomic E-state index is 0.00565. The molecule has 1 aliphatic rings. The number of pyridine rings is 1. The first-order valence-corrected chi connectivity index (χ1v) is 9.41. The van der Waals surface area contributed by atoms with Gasteiger partial charge in [-0.1, -0.05) is 18.2 Å². The number of nitrogens with zero attached hydrogens (tertiary/aromatic N) is 1. The first-order chi connectivity index (χ1) is 11.5. The zero-order valence-corrected chi connectivity index (χ0v) is 14.4. The Labute approximate surface area is 140 Å². The van der Waals surface area contributed by atoms with Crippen LogP contribution in [0.15, 0.2) is 35.4 Å². The van der Waals surface area contributed by atoms with Crippen molar-refractivity contribution in [2.45, 2.75) is 36.5 Å². The fourth-order valence-corrected chi connectivity index (χ4v) is 5.26. The second-order valence-electron chi connectivity index (χ2n) is 5.69. The molecule has 2 atom stereocenters. The van der Waals surface area contributed by atoms with Crippen molar-refractivity contribution in [2.75, 3.05) is 13.2 Å². The summed E-state index contributed by atoms with van der Waals surface area (Å²) in [6.45, 7) is 3.97. The van der Waals surface area contributed by atoms with Crippen LogP contribution in [0.3, 0.4) is 0 Å². The normalized spacial score (nSPS) is 21.1. The molecule has 3 rings (SSSR count). The summed E-state index contributed by atoms with van der Waals surface area (Å²) in [4.78, 5) is 16.5. The van der Waals surface area contributed by atoms with E-state index in [1.54, 1.807) is 38.1 Å². The number of aromatic nitrogens is 1. The van der Waals surface area contributed by atoms with Gasteiger partial charge in [-0.2, -0.15) is 0 Å². The van der Waals surface area contributed by atoms with Gasteiger partial charge in [-0.25, -0.2) is 13.2 Å². The number of rotatable bonds is 4. The highest BCUT2D eigenvalue weighted by Gasteiger charge is 2.40. The van der Waals surface area contributed by atoms with E-state index in [9.17, 15) is 13.2 Å². The zero-order chi connectivity index (χ0) is 17.3. The van der Waals surface area contributed by atoms with Crippen molar-refractivity contribution in [1.29, 1.82) is 0 Å². The molecule has 0 radical (unpaired) electrons. The lowest BCUT2D eigenvalue weighted by Gasteiger charge is -2.18. The largest absolute Gasteiger partial charge is 0.462 e. The van der Waals surface area contributed by atoms with Crippen LogP contribution in [0, 0.1) is 0 Å². The summed E-state index contributed by atoms with van der Waals surface area (Å²) in [5.41, 5.74) is 0.505. The number of esters is 1. The quantitative estimate of drug-likeness (QED) is 0.788. The molecule has 1 aromatic carbocycles. The van der Waals surface area contributed by atoms with Crippen LogP contribution in [0.25, 0.3) is 10.9 Å². The molecule has 2 unspecified atom stereocenters. The van der Waals surface area contributed by atoms with Gasteiger partial charge in [0.25, 0.3) is 0 Å². The van der Waals surface area contributed by atoms with E-state index in [1.807, 2.05) is 0 Å². The van der Waals surface area contributed by atoms with Gasteiger partial charge in [0, 0.05) is 18.2 Å². The molecular weight excluding hydrogens is 330 g/mol. The van der Waals surface area contributed by atoms with Crippen molar-refractivity contribution in [3.05, 3.63) is 36.0 Å². The third kappa shape index (κ3) is 2.78. The van der Waals surface area contributed by atoms with Crippen molar-refractivity contribution >= 4 is 26.7 Å². The molecule has 0 saturated carbocycles. The van der Waals surface area contributed by atoms with Gasteiger partial charge in [0.05, 0.1) is 33.9 Å². The Morgan fingerprint density at radius 1 is 1.38 bits per heavy atom. The number of fused-ring (bicyclic) bond motifs is 1. The third-order valence-corrected chi connectivity index (χ3v) is 6.64. The van der Waals surface area contributed by atoms with Crippen LogP contribution in [0.4, 0.5) is 0 Å². The van der Waals surface area contributed by atoms with E-state index in [-0.39, 0.29) is 17.1 Å². The molecular formula is C17H19NO5S. The summed E-state index contributed by atoms with van der Waals surface area (Å²) >= 11 is 0. The van der Waals surface area contributed by atoms with Crippen LogP contribution >= 0.6 is 0 Å². The van der Waals surface area contributed by atoms with Crippen LogP contribution in [0.2, 0.25) is 0 Å². The highest BCUT2D eigenvalue weighted by atomic mass is 32.2. The first-order valence-electron chi connectivity index (χ1n) is 7.87. The number of benzene rings is 1. The predicted octanol–water partition coefficient (Wildman–Crippen LogP) is 2.36. The van der Waals surface area contributed by atoms with Gasteiger partial charge in [0.1, 0.15) is 0 Å². The molecule has 0 aliphatic carbocycles. The van der Waals surface area contributed by atoms with Crippen LogP contribution in [0.5, 0.6) is 0 Å². The Morgan fingerprint density at radius 3 is 2.79 bits per heavy atom. The molecule has 7 heteroatoms. The molecule has 24 heavy (non-hydrogen) atoms. The van der Waals surface area contributed by atoms with Gasteiger partial charge in [-0.15, -0.1) is 0 Å². The molecule has 0 bridgehead atoms. The Bertz CT molecular complexity index is 878. The van der Waals surface area contributed by atoms with E-state index >= 15 is 0 Å². The summed E-state index contributed by atoms with van der Waals surface area (Å²) in [6, 6.07) is 6.89. The Balaban J connectivity index is 2.27. The van der Waals surface area contributed by atoms with Crippen LogP contribution in [-0.2, 0) is 19.3 Å². The topological polar surface area (TPSA) is 82.6 Å². The Kier molecular flexibility index (Phi) is 4.56. The van der Waals surface area contributed by atoms with Gasteiger partial charge in [-0.3, -0.25) is 4.98 Å². The molecule has 0 spiro atoms. The summed E-state index contributed by atoms with van der Waals surface area (Å²) in [5.74, 6) is -0.680. The van der Waals surface area contributed by atoms with E-state index in [4.69, 9.17) is 9.47 Å². The van der Waals surface area contributed by atoms with Crippen LogP contribution < -0.4 is 0 Å². The number of para-hydroxylation sites is 1. The van der Waals surface area contributed by atoms with Gasteiger partial charge in [-0.05, 0) is 26.3 Å². The van der Waals surface area contributed by atoms with Crippen molar-refractivity contribution in [2.24, 2.45) is 0 Å². The summed E-state index contributed by atoms with van der Waals surface area (Å²) in [6.07, 6.45) is 1.27. The molecule has 2 aromatic rings. The van der Waals surface area contributed by atoms with E-state index in [2.05, 4.69) is 4.98 Å². The van der Waals surface area contributed by atoms with Gasteiger partial charge >= 0.3 is 5.97 Å². The number of hydrogen-bond donors (Lipinski definition) is 0. The standard InChI is InChI=1S/C17H19NO5S/c1-3-22-17(19)13-10-18-14-7-5-4-6-12(14)16(13)24(20,21)15-8-9-23-11(15)2/h4-7,10-11,15H,3,8-9H2,1-2H3. The van der Waals surface area contributed by atoms with E-state index in [0.29, 0.717) is 23.9 Å². The zero-order valence-electron chi connectivity index (χ0n) is 13.6. The van der Waals surface area contributed by atoms with E-state index < -0.39 is 27.2 Å². The van der Waals surface area contributed by atoms with Gasteiger partial charge in [0.2, 0.25) is 0 Å². The molecule has 1 fully saturated rings. The average Bonchev–Trinajstić information content (AvgIpc) is 3.00. The number of sulfone groups is 1. The maximum absolute atomic E-state index is 13.3. The Hall–Kier alpha value is -1.99. The lowest BCUT2D eigenvalue weighted by Crippen LogP contribution is -2.29. The van der Waals surface area contributed by atoms with Gasteiger partial charge in [0.15, 0.2) is 9.84 Å². The maximum atomic E-state index is 13.3. The first kappa shape index (κ1) is 16.9. The van der Waals surface area contributed by atoms with Gasteiger partial charge < -0.3 is 9.47 Å². The summed E-state index contributed by atoms with van der Waals surface area (Å²) < 4.78 is 37.0. The molecule has 128 valence electrons. The number of ether oxygens (including phenoxy) is 2. The van der Waals surface area contributed by atoms with E-state index in [0.717, 1.165) is 0 Å². The number of carbonyl (C=O) groups is 1. The Morgan fingerprint density at radius 2 is 2.12 bits per heavy atom. The molecule has 1 aromatic heterocycles. The molecule has 1 aliphatic heterocycles. The number of carbonyl (C=O) groups excluding carboxylic acids is 1. The van der Waals surface area contributed by atoms with Crippen molar-refractivity contribution in [3.8, 4) is 0 Å². The minimum Gasteiger partial charge on any atom is -0.462 e. The molecule has 2 heterocycles. The van der Waals surface area contributed by atoms with Crippen molar-refractivity contribution < 1.29 is 22.7 Å². The molecule has 1 saturated heterocycles. The van der Waals surface area contributed by atoms with E-state index in [1.165, 1.54) is 6.20 Å². The predicted molar refractivity (Wildman–Crippen MR) is 88.7 cm³/mol. The SMILES string of the molecule is CCOC(=O)c1cnc2ccccc2c1S(=O)(=O)C1CCOC1C. The average molecular weight is 349 g/mol. The summed E-state index contributed by atoms with van der Waals surface area (Å²) in [7, 11) is -3.77. The second-order valence-corrected chi connectivity index (χ2v) is 7.79. The molecule has 6 nitrogen and oxygen atoms in total. The highest BCUT2D eigenvalue weighted by Crippen LogP contribution is 2.33. The lowest BCUT2D eigenvalue weighted by molar-refractivity contribution is 0.0521. The lowest BCUT2D eigenvalue weighted by atomic mass is 10.1. The minimum atomic E-state index is -3.77.